The van der Waals surface area contributed by atoms with Gasteiger partial charge >= 0.3 is 0 Å². The van der Waals surface area contributed by atoms with E-state index in [1.54, 1.807) is 6.92 Å². The summed E-state index contributed by atoms with van der Waals surface area (Å²) in [7, 11) is -3.40. The minimum atomic E-state index is -3.40. The van der Waals surface area contributed by atoms with Gasteiger partial charge in [-0.2, -0.15) is 0 Å². The average molecular weight is 236 g/mol. The molecule has 5 nitrogen and oxygen atoms in total. The van der Waals surface area contributed by atoms with Crippen LogP contribution < -0.4 is 10.5 Å². The molecule has 90 valence electrons. The molecule has 0 saturated heterocycles. The van der Waals surface area contributed by atoms with Gasteiger partial charge in [-0.3, -0.25) is 9.52 Å². The maximum Gasteiger partial charge on any atom is 0.234 e. The van der Waals surface area contributed by atoms with Crippen LogP contribution in [0.25, 0.3) is 0 Å². The van der Waals surface area contributed by atoms with E-state index in [9.17, 15) is 13.2 Å². The van der Waals surface area contributed by atoms with Gasteiger partial charge in [0, 0.05) is 6.42 Å². The number of rotatable bonds is 8. The summed E-state index contributed by atoms with van der Waals surface area (Å²) in [6.07, 6.45) is 3.18. The van der Waals surface area contributed by atoms with Crippen molar-refractivity contribution >= 4 is 15.9 Å². The van der Waals surface area contributed by atoms with E-state index in [2.05, 4.69) is 0 Å². The molecule has 0 aromatic rings. The zero-order chi connectivity index (χ0) is 11.7. The molecule has 0 bridgehead atoms. The van der Waals surface area contributed by atoms with E-state index < -0.39 is 15.9 Å². The number of hydrogen-bond donors (Lipinski definition) is 2. The Bertz CT molecular complexity index is 275. The normalized spacial score (nSPS) is 11.3. The van der Waals surface area contributed by atoms with Gasteiger partial charge in [0.2, 0.25) is 15.9 Å². The van der Waals surface area contributed by atoms with Crippen LogP contribution in [0, 0.1) is 0 Å². The fraction of sp³-hybridized carbons (Fsp3) is 0.889. The van der Waals surface area contributed by atoms with Gasteiger partial charge in [-0.1, -0.05) is 13.3 Å². The highest BCUT2D eigenvalue weighted by atomic mass is 32.2. The number of nitrogens with two attached hydrogens (primary N) is 1. The zero-order valence-corrected chi connectivity index (χ0v) is 9.98. The Balaban J connectivity index is 3.74. The first-order valence-electron chi connectivity index (χ1n) is 5.25. The molecule has 0 heterocycles. The number of carbonyl (C=O) groups excluding carboxylic acids is 1. The molecular formula is C9H20N2O3S. The average Bonchev–Trinajstić information content (AvgIpc) is 2.11. The molecule has 0 fully saturated rings. The van der Waals surface area contributed by atoms with E-state index in [1.165, 1.54) is 0 Å². The van der Waals surface area contributed by atoms with Crippen molar-refractivity contribution in [3.05, 3.63) is 0 Å². The topological polar surface area (TPSA) is 89.3 Å². The van der Waals surface area contributed by atoms with Crippen LogP contribution in [0.3, 0.4) is 0 Å². The van der Waals surface area contributed by atoms with Crippen molar-refractivity contribution in [2.24, 2.45) is 5.73 Å². The van der Waals surface area contributed by atoms with Gasteiger partial charge in [0.25, 0.3) is 0 Å². The van der Waals surface area contributed by atoms with Crippen molar-refractivity contribution in [2.45, 2.75) is 39.0 Å². The van der Waals surface area contributed by atoms with Crippen LogP contribution in [-0.2, 0) is 14.8 Å². The molecule has 0 aliphatic carbocycles. The van der Waals surface area contributed by atoms with Crippen molar-refractivity contribution in [1.29, 1.82) is 0 Å². The molecule has 0 spiro atoms. The van der Waals surface area contributed by atoms with E-state index in [-0.39, 0.29) is 12.2 Å². The summed E-state index contributed by atoms with van der Waals surface area (Å²) in [4.78, 5) is 11.2. The minimum absolute atomic E-state index is 0.00153. The van der Waals surface area contributed by atoms with Crippen molar-refractivity contribution < 1.29 is 13.2 Å². The Hall–Kier alpha value is -0.620. The second-order valence-corrected chi connectivity index (χ2v) is 5.29. The molecule has 0 unspecified atom stereocenters. The molecule has 0 saturated carbocycles. The molecule has 3 N–H and O–H groups in total. The van der Waals surface area contributed by atoms with Gasteiger partial charge in [0.05, 0.1) is 5.75 Å². The third-order valence-electron chi connectivity index (χ3n) is 1.85. The molecule has 0 rings (SSSR count). The van der Waals surface area contributed by atoms with Gasteiger partial charge in [0.15, 0.2) is 0 Å². The van der Waals surface area contributed by atoms with E-state index in [4.69, 9.17) is 5.73 Å². The highest BCUT2D eigenvalue weighted by Gasteiger charge is 2.12. The van der Waals surface area contributed by atoms with Crippen molar-refractivity contribution in [2.75, 3.05) is 12.3 Å². The van der Waals surface area contributed by atoms with E-state index in [0.29, 0.717) is 19.4 Å². The molecule has 0 aliphatic heterocycles. The third kappa shape index (κ3) is 8.38. The molecule has 0 atom stereocenters. The van der Waals surface area contributed by atoms with Gasteiger partial charge < -0.3 is 5.73 Å². The summed E-state index contributed by atoms with van der Waals surface area (Å²) < 4.78 is 24.4. The first kappa shape index (κ1) is 14.4. The first-order chi connectivity index (χ1) is 7.02. The second kappa shape index (κ2) is 7.64. The number of nitrogens with one attached hydrogen (secondary N) is 1. The van der Waals surface area contributed by atoms with Crippen molar-refractivity contribution in [1.82, 2.24) is 4.72 Å². The number of carbonyl (C=O) groups is 1. The van der Waals surface area contributed by atoms with Crippen LogP contribution >= 0.6 is 0 Å². The van der Waals surface area contributed by atoms with Gasteiger partial charge in [-0.25, -0.2) is 8.42 Å². The van der Waals surface area contributed by atoms with E-state index >= 15 is 0 Å². The van der Waals surface area contributed by atoms with Crippen LogP contribution in [0.5, 0.6) is 0 Å². The van der Waals surface area contributed by atoms with E-state index in [1.807, 2.05) is 4.72 Å². The molecule has 0 aromatic heterocycles. The molecule has 1 amide bonds. The Morgan fingerprint density at radius 3 is 2.47 bits per heavy atom. The summed E-state index contributed by atoms with van der Waals surface area (Å²) in [5, 5.41) is 0. The fourth-order valence-corrected chi connectivity index (χ4v) is 2.24. The molecule has 0 aromatic carbocycles. The SMILES string of the molecule is CCCS(=O)(=O)NC(=O)CCCCCN. The minimum Gasteiger partial charge on any atom is -0.330 e. The third-order valence-corrected chi connectivity index (χ3v) is 3.33. The van der Waals surface area contributed by atoms with Crippen LogP contribution in [0.15, 0.2) is 0 Å². The lowest BCUT2D eigenvalue weighted by Crippen LogP contribution is -2.32. The summed E-state index contributed by atoms with van der Waals surface area (Å²) >= 11 is 0. The Morgan fingerprint density at radius 2 is 1.93 bits per heavy atom. The molecule has 0 radical (unpaired) electrons. The van der Waals surface area contributed by atoms with E-state index in [0.717, 1.165) is 12.8 Å². The standard InChI is InChI=1S/C9H20N2O3S/c1-2-8-15(13,14)11-9(12)6-4-3-5-7-10/h2-8,10H2,1H3,(H,11,12). The van der Waals surface area contributed by atoms with Crippen LogP contribution in [0.2, 0.25) is 0 Å². The lowest BCUT2D eigenvalue weighted by Gasteiger charge is -2.05. The molecule has 6 heteroatoms. The number of hydrogen-bond acceptors (Lipinski definition) is 4. The van der Waals surface area contributed by atoms with Crippen molar-refractivity contribution in [3.63, 3.8) is 0 Å². The molecule has 0 aliphatic rings. The maximum atomic E-state index is 11.2. The summed E-state index contributed by atoms with van der Waals surface area (Å²) in [5.41, 5.74) is 5.29. The predicted molar refractivity (Wildman–Crippen MR) is 59.7 cm³/mol. The van der Waals surface area contributed by atoms with Crippen LogP contribution in [0.1, 0.15) is 39.0 Å². The van der Waals surface area contributed by atoms with Crippen LogP contribution in [-0.4, -0.2) is 26.6 Å². The largest absolute Gasteiger partial charge is 0.330 e. The van der Waals surface area contributed by atoms with Crippen LogP contribution in [0.4, 0.5) is 0 Å². The summed E-state index contributed by atoms with van der Waals surface area (Å²) in [6, 6.07) is 0. The number of amides is 1. The second-order valence-electron chi connectivity index (χ2n) is 3.44. The lowest BCUT2D eigenvalue weighted by atomic mass is 10.2. The predicted octanol–water partition coefficient (Wildman–Crippen LogP) is 0.362. The highest BCUT2D eigenvalue weighted by molar-refractivity contribution is 7.90. The zero-order valence-electron chi connectivity index (χ0n) is 9.16. The monoisotopic (exact) mass is 236 g/mol. The van der Waals surface area contributed by atoms with Gasteiger partial charge in [-0.05, 0) is 25.8 Å². The Labute approximate surface area is 91.5 Å². The first-order valence-corrected chi connectivity index (χ1v) is 6.90. The van der Waals surface area contributed by atoms with Crippen molar-refractivity contribution in [3.8, 4) is 0 Å². The van der Waals surface area contributed by atoms with Gasteiger partial charge in [0.1, 0.15) is 0 Å². The highest BCUT2D eigenvalue weighted by Crippen LogP contribution is 1.99. The number of sulfonamides is 1. The van der Waals surface area contributed by atoms with Gasteiger partial charge in [-0.15, -0.1) is 0 Å². The Morgan fingerprint density at radius 1 is 1.27 bits per heavy atom. The lowest BCUT2D eigenvalue weighted by molar-refractivity contribution is -0.119. The smallest absolute Gasteiger partial charge is 0.234 e. The molecule has 15 heavy (non-hydrogen) atoms. The Kier molecular flexibility index (Phi) is 7.33. The summed E-state index contributed by atoms with van der Waals surface area (Å²) in [6.45, 7) is 2.36. The maximum absolute atomic E-state index is 11.2. The quantitative estimate of drug-likeness (QED) is 0.595. The summed E-state index contributed by atoms with van der Waals surface area (Å²) in [5.74, 6) is -0.415. The molecular weight excluding hydrogens is 216 g/mol. The fourth-order valence-electron chi connectivity index (χ4n) is 1.15. The number of unbranched alkanes of at least 4 members (excludes halogenated alkanes) is 2.